The number of carbonyl (C=O) groups is 2. The minimum absolute atomic E-state index is 0.00590. The van der Waals surface area contributed by atoms with E-state index in [9.17, 15) is 14.7 Å². The van der Waals surface area contributed by atoms with E-state index in [2.05, 4.69) is 11.8 Å². The van der Waals surface area contributed by atoms with Crippen molar-refractivity contribution in [2.45, 2.75) is 82.5 Å². The topological polar surface area (TPSA) is 104 Å². The molecule has 1 saturated heterocycles. The van der Waals surface area contributed by atoms with Crippen molar-refractivity contribution < 1.29 is 38.4 Å². The molecule has 0 aromatic rings. The number of esters is 2. The number of aliphatic hydroxyl groups is 1. The van der Waals surface area contributed by atoms with E-state index in [4.69, 9.17) is 23.7 Å². The van der Waals surface area contributed by atoms with Crippen LogP contribution in [0, 0.1) is 40.4 Å². The van der Waals surface area contributed by atoms with Crippen LogP contribution in [0.1, 0.15) is 46.5 Å². The van der Waals surface area contributed by atoms with E-state index in [-0.39, 0.29) is 65.2 Å². The number of ether oxygens (including phenoxy) is 5. The second-order valence-electron chi connectivity index (χ2n) is 12.7. The average molecular weight is 522 g/mol. The lowest BCUT2D eigenvalue weighted by molar-refractivity contribution is -0.278. The molecule has 6 rings (SSSR count). The van der Waals surface area contributed by atoms with Gasteiger partial charge < -0.3 is 28.8 Å². The molecule has 7 bridgehead atoms. The molecule has 4 unspecified atom stereocenters. The summed E-state index contributed by atoms with van der Waals surface area (Å²) >= 11 is 0. The van der Waals surface area contributed by atoms with Crippen molar-refractivity contribution in [3.8, 4) is 0 Å². The van der Waals surface area contributed by atoms with Gasteiger partial charge in [-0.2, -0.15) is 0 Å². The Morgan fingerprint density at radius 2 is 1.81 bits per heavy atom. The van der Waals surface area contributed by atoms with Gasteiger partial charge in [-0.15, -0.1) is 0 Å². The molecule has 13 atom stereocenters. The molecule has 0 aromatic heterocycles. The molecule has 0 radical (unpaired) electrons. The summed E-state index contributed by atoms with van der Waals surface area (Å²) in [6, 6.07) is -0.0133. The fourth-order valence-corrected chi connectivity index (χ4v) is 11.4. The van der Waals surface area contributed by atoms with Crippen LogP contribution in [0.3, 0.4) is 0 Å². The molecule has 5 saturated carbocycles. The fraction of sp³-hybridized carbons (Fsp3) is 0.929. The van der Waals surface area contributed by atoms with Crippen molar-refractivity contribution in [3.05, 3.63) is 0 Å². The average Bonchev–Trinajstić information content (AvgIpc) is 3.27. The Kier molecular flexibility index (Phi) is 6.05. The molecule has 1 aliphatic heterocycles. The number of hydrogen-bond donors (Lipinski definition) is 1. The summed E-state index contributed by atoms with van der Waals surface area (Å²) in [5, 5.41) is 12.1. The molecule has 5 aliphatic carbocycles. The first-order valence-electron chi connectivity index (χ1n) is 14.0. The number of likely N-dealkylation sites (tertiary alicyclic amines) is 1. The summed E-state index contributed by atoms with van der Waals surface area (Å²) in [5.41, 5.74) is -1.57. The number of rotatable bonds is 7. The molecule has 9 nitrogen and oxygen atoms in total. The van der Waals surface area contributed by atoms with Crippen LogP contribution in [-0.4, -0.2) is 99.0 Å². The number of fused-ring (bicyclic) bond motifs is 2. The van der Waals surface area contributed by atoms with Gasteiger partial charge in [-0.25, -0.2) is 0 Å². The summed E-state index contributed by atoms with van der Waals surface area (Å²) in [5.74, 6) is -1.05. The summed E-state index contributed by atoms with van der Waals surface area (Å²) < 4.78 is 31.0. The minimum atomic E-state index is -0.922. The van der Waals surface area contributed by atoms with E-state index >= 15 is 0 Å². The van der Waals surface area contributed by atoms with Gasteiger partial charge in [-0.1, -0.05) is 6.92 Å². The number of carbonyl (C=O) groups excluding carboxylic acids is 2. The Hall–Kier alpha value is -1.26. The molecule has 6 fully saturated rings. The summed E-state index contributed by atoms with van der Waals surface area (Å²) in [7, 11) is 5.22. The molecule has 208 valence electrons. The summed E-state index contributed by atoms with van der Waals surface area (Å²) in [6.45, 7) is 7.38. The van der Waals surface area contributed by atoms with Crippen LogP contribution in [0.2, 0.25) is 0 Å². The van der Waals surface area contributed by atoms with Gasteiger partial charge in [0.15, 0.2) is 0 Å². The second-order valence-corrected chi connectivity index (χ2v) is 12.7. The molecule has 6 aliphatic rings. The maximum Gasteiger partial charge on any atom is 0.303 e. The van der Waals surface area contributed by atoms with E-state index < -0.39 is 23.2 Å². The first-order valence-corrected chi connectivity index (χ1v) is 14.0. The van der Waals surface area contributed by atoms with Crippen molar-refractivity contribution >= 4 is 11.9 Å². The highest BCUT2D eigenvalue weighted by Gasteiger charge is 2.87. The second kappa shape index (κ2) is 8.62. The Morgan fingerprint density at radius 1 is 1.05 bits per heavy atom. The van der Waals surface area contributed by atoms with E-state index in [1.165, 1.54) is 13.8 Å². The largest absolute Gasteiger partial charge is 0.462 e. The highest BCUT2D eigenvalue weighted by Crippen LogP contribution is 2.80. The quantitative estimate of drug-likeness (QED) is 0.501. The van der Waals surface area contributed by atoms with E-state index in [0.717, 1.165) is 25.9 Å². The van der Waals surface area contributed by atoms with Gasteiger partial charge in [-0.05, 0) is 31.7 Å². The summed E-state index contributed by atoms with van der Waals surface area (Å²) in [4.78, 5) is 27.8. The molecule has 1 spiro atoms. The van der Waals surface area contributed by atoms with Crippen molar-refractivity contribution in [2.24, 2.45) is 40.4 Å². The number of aliphatic hydroxyl groups excluding tert-OH is 1. The summed E-state index contributed by atoms with van der Waals surface area (Å²) in [6.07, 6.45) is 1.46. The monoisotopic (exact) mass is 521 g/mol. The van der Waals surface area contributed by atoms with Gasteiger partial charge in [0.1, 0.15) is 11.7 Å². The maximum atomic E-state index is 12.9. The Balaban J connectivity index is 1.65. The normalized spacial score (nSPS) is 53.2. The fourth-order valence-electron chi connectivity index (χ4n) is 11.4. The SMILES string of the molecule is CCN1C[C@]2(COC)CCC(O)[C@@]34[C@@H]5C[C@@H]6C(OC)C[C@@](OC(C)=O)([C@H]5C6OC(C)=O)[C@@H](C(OC)[C@H]23)[C@@H]14. The smallest absolute Gasteiger partial charge is 0.303 e. The third kappa shape index (κ3) is 2.98. The van der Waals surface area contributed by atoms with Crippen LogP contribution in [-0.2, 0) is 33.3 Å². The van der Waals surface area contributed by atoms with Gasteiger partial charge in [0.05, 0.1) is 24.9 Å². The molecule has 9 heteroatoms. The van der Waals surface area contributed by atoms with E-state index in [1.54, 1.807) is 21.3 Å². The minimum Gasteiger partial charge on any atom is -0.462 e. The van der Waals surface area contributed by atoms with Crippen LogP contribution in [0.15, 0.2) is 0 Å². The molecule has 0 amide bonds. The Bertz CT molecular complexity index is 960. The van der Waals surface area contributed by atoms with Gasteiger partial charge in [0.2, 0.25) is 0 Å². The van der Waals surface area contributed by atoms with Crippen LogP contribution < -0.4 is 0 Å². The number of methoxy groups -OCH3 is 3. The predicted octanol–water partition coefficient (Wildman–Crippen LogP) is 1.64. The van der Waals surface area contributed by atoms with Crippen LogP contribution in [0.4, 0.5) is 0 Å². The first kappa shape index (κ1) is 26.0. The van der Waals surface area contributed by atoms with E-state index in [1.807, 2.05) is 0 Å². The zero-order valence-corrected chi connectivity index (χ0v) is 23.0. The molecule has 37 heavy (non-hydrogen) atoms. The van der Waals surface area contributed by atoms with Gasteiger partial charge in [0.25, 0.3) is 0 Å². The van der Waals surface area contributed by atoms with Gasteiger partial charge in [0, 0.05) is 88.7 Å². The molecular formula is C28H43NO8. The number of nitrogens with zero attached hydrogens (tertiary/aromatic N) is 1. The Labute approximate surface area is 219 Å². The predicted molar refractivity (Wildman–Crippen MR) is 131 cm³/mol. The highest BCUT2D eigenvalue weighted by atomic mass is 16.6. The number of piperidine rings is 1. The van der Waals surface area contributed by atoms with Crippen molar-refractivity contribution in [1.29, 1.82) is 0 Å². The molecular weight excluding hydrogens is 478 g/mol. The standard InChI is InChI=1S/C28H43NO8/c1-7-29-12-26(13-33-4)9-8-19(32)28-17-10-16-18(34-5)11-27(37-15(3)31,20(17)22(16)36-14(2)30)21(25(28)29)23(35-6)24(26)28/h16-25,32H,7-13H2,1-6H3/t16-,17-,18?,19?,20-,21+,22?,23?,24-,25-,26+,27-,28+/m1/s1. The van der Waals surface area contributed by atoms with Crippen LogP contribution in [0.5, 0.6) is 0 Å². The first-order chi connectivity index (χ1) is 17.7. The van der Waals surface area contributed by atoms with Gasteiger partial charge in [-0.3, -0.25) is 14.5 Å². The maximum absolute atomic E-state index is 12.9. The van der Waals surface area contributed by atoms with Gasteiger partial charge >= 0.3 is 11.9 Å². The highest BCUT2D eigenvalue weighted by molar-refractivity contribution is 5.68. The molecule has 1 N–H and O–H groups in total. The van der Waals surface area contributed by atoms with Crippen molar-refractivity contribution in [1.82, 2.24) is 4.90 Å². The van der Waals surface area contributed by atoms with E-state index in [0.29, 0.717) is 19.4 Å². The zero-order valence-electron chi connectivity index (χ0n) is 23.0. The third-order valence-corrected chi connectivity index (χ3v) is 11.7. The lowest BCUT2D eigenvalue weighted by atomic mass is 9.43. The van der Waals surface area contributed by atoms with Crippen LogP contribution in [0.25, 0.3) is 0 Å². The lowest BCUT2D eigenvalue weighted by Gasteiger charge is -2.69. The van der Waals surface area contributed by atoms with Crippen LogP contribution >= 0.6 is 0 Å². The Morgan fingerprint density at radius 3 is 2.41 bits per heavy atom. The number of hydrogen-bond acceptors (Lipinski definition) is 9. The zero-order chi connectivity index (χ0) is 26.5. The van der Waals surface area contributed by atoms with Crippen molar-refractivity contribution in [2.75, 3.05) is 41.0 Å². The van der Waals surface area contributed by atoms with Crippen molar-refractivity contribution in [3.63, 3.8) is 0 Å². The molecule has 1 heterocycles. The molecule has 0 aromatic carbocycles. The lowest BCUT2D eigenvalue weighted by Crippen LogP contribution is -2.76. The third-order valence-electron chi connectivity index (χ3n) is 11.7.